The number of hydrogen-bond acceptors (Lipinski definition) is 3. The molecule has 0 radical (unpaired) electrons. The van der Waals surface area contributed by atoms with Gasteiger partial charge in [-0.3, -0.25) is 0 Å². The van der Waals surface area contributed by atoms with E-state index in [1.165, 1.54) is 14.2 Å². The molecule has 0 spiro atoms. The van der Waals surface area contributed by atoms with Crippen molar-refractivity contribution in [3.63, 3.8) is 0 Å². The number of hydrogen-bond donors (Lipinski definition) is 1. The summed E-state index contributed by atoms with van der Waals surface area (Å²) < 4.78 is 10.8. The van der Waals surface area contributed by atoms with E-state index in [0.29, 0.717) is 26.6 Å². The molecule has 1 rings (SSSR count). The molecule has 1 N–H and O–H groups in total. The van der Waals surface area contributed by atoms with E-state index in [1.54, 1.807) is 6.07 Å². The molecule has 78 valence electrons. The van der Waals surface area contributed by atoms with Gasteiger partial charge < -0.3 is 14.6 Å². The largest absolute Gasteiger partial charge is 0.496 e. The van der Waals surface area contributed by atoms with E-state index in [1.807, 2.05) is 0 Å². The second kappa shape index (κ2) is 4.87. The van der Waals surface area contributed by atoms with Crippen molar-refractivity contribution in [2.24, 2.45) is 0 Å². The number of rotatable bonds is 3. The number of benzene rings is 1. The number of halogens is 2. The first-order chi connectivity index (χ1) is 6.65. The average molecular weight is 282 g/mol. The molecule has 0 aromatic heterocycles. The zero-order valence-electron chi connectivity index (χ0n) is 7.80. The lowest BCUT2D eigenvalue weighted by atomic mass is 10.2. The normalized spacial score (nSPS) is 10.1. The molecule has 0 aliphatic carbocycles. The molecule has 5 heteroatoms. The van der Waals surface area contributed by atoms with Crippen molar-refractivity contribution >= 4 is 27.5 Å². The van der Waals surface area contributed by atoms with Crippen LogP contribution in [0.3, 0.4) is 0 Å². The molecule has 0 amide bonds. The molecule has 0 fully saturated rings. The Hall–Kier alpha value is -0.450. The Kier molecular flexibility index (Phi) is 4.04. The van der Waals surface area contributed by atoms with Gasteiger partial charge in [0.25, 0.3) is 0 Å². The molecule has 3 nitrogen and oxygen atoms in total. The minimum absolute atomic E-state index is 0.142. The fourth-order valence-corrected chi connectivity index (χ4v) is 2.22. The van der Waals surface area contributed by atoms with Crippen molar-refractivity contribution in [3.05, 3.63) is 21.1 Å². The van der Waals surface area contributed by atoms with Crippen LogP contribution in [0.1, 0.15) is 5.56 Å². The first-order valence-corrected chi connectivity index (χ1v) is 5.02. The van der Waals surface area contributed by atoms with Gasteiger partial charge in [-0.2, -0.15) is 0 Å². The Morgan fingerprint density at radius 3 is 2.50 bits per heavy atom. The molecule has 0 unspecified atom stereocenters. The van der Waals surface area contributed by atoms with Crippen LogP contribution >= 0.6 is 27.5 Å². The van der Waals surface area contributed by atoms with Crippen molar-refractivity contribution < 1.29 is 14.6 Å². The van der Waals surface area contributed by atoms with Crippen molar-refractivity contribution in [1.29, 1.82) is 0 Å². The van der Waals surface area contributed by atoms with Crippen LogP contribution in [0.25, 0.3) is 0 Å². The molecule has 0 bridgehead atoms. The summed E-state index contributed by atoms with van der Waals surface area (Å²) in [5, 5.41) is 9.57. The van der Waals surface area contributed by atoms with E-state index in [2.05, 4.69) is 15.9 Å². The second-order valence-electron chi connectivity index (χ2n) is 2.54. The van der Waals surface area contributed by atoms with E-state index >= 15 is 0 Å². The third-order valence-electron chi connectivity index (χ3n) is 1.82. The van der Waals surface area contributed by atoms with Crippen molar-refractivity contribution in [2.75, 3.05) is 14.2 Å². The number of aliphatic hydroxyl groups is 1. The quantitative estimate of drug-likeness (QED) is 0.925. The lowest BCUT2D eigenvalue weighted by molar-refractivity contribution is 0.271. The van der Waals surface area contributed by atoms with Gasteiger partial charge in [0, 0.05) is 11.6 Å². The fourth-order valence-electron chi connectivity index (χ4n) is 1.13. The van der Waals surface area contributed by atoms with Crippen molar-refractivity contribution in [3.8, 4) is 11.5 Å². The molecule has 0 atom stereocenters. The van der Waals surface area contributed by atoms with Gasteiger partial charge >= 0.3 is 0 Å². The van der Waals surface area contributed by atoms with Gasteiger partial charge in [-0.05, 0) is 15.9 Å². The van der Waals surface area contributed by atoms with Crippen molar-refractivity contribution in [2.45, 2.75) is 6.61 Å². The molecule has 0 heterocycles. The zero-order valence-corrected chi connectivity index (χ0v) is 10.1. The van der Waals surface area contributed by atoms with E-state index in [4.69, 9.17) is 26.2 Å². The smallest absolute Gasteiger partial charge is 0.152 e. The van der Waals surface area contributed by atoms with Gasteiger partial charge in [0.2, 0.25) is 0 Å². The summed E-state index contributed by atoms with van der Waals surface area (Å²) in [6.45, 7) is -0.142. The Bertz CT molecular complexity index is 341. The van der Waals surface area contributed by atoms with Gasteiger partial charge in [-0.15, -0.1) is 0 Å². The highest BCUT2D eigenvalue weighted by Crippen LogP contribution is 2.40. The number of ether oxygens (including phenoxy) is 2. The molecule has 1 aromatic carbocycles. The van der Waals surface area contributed by atoms with Gasteiger partial charge in [0.15, 0.2) is 5.75 Å². The van der Waals surface area contributed by atoms with Gasteiger partial charge in [0.1, 0.15) is 5.75 Å². The summed E-state index contributed by atoms with van der Waals surface area (Å²) in [4.78, 5) is 0. The topological polar surface area (TPSA) is 38.7 Å². The Morgan fingerprint density at radius 1 is 1.43 bits per heavy atom. The third kappa shape index (κ3) is 1.97. The van der Waals surface area contributed by atoms with Crippen LogP contribution in [0.15, 0.2) is 10.5 Å². The maximum absolute atomic E-state index is 9.13. The van der Waals surface area contributed by atoms with E-state index in [0.717, 1.165) is 0 Å². The molecular formula is C9H10BrClO3. The summed E-state index contributed by atoms with van der Waals surface area (Å²) in [5.74, 6) is 1.03. The van der Waals surface area contributed by atoms with Crippen LogP contribution in [0.5, 0.6) is 11.5 Å². The van der Waals surface area contributed by atoms with Gasteiger partial charge in [0.05, 0.1) is 30.3 Å². The summed E-state index contributed by atoms with van der Waals surface area (Å²) >= 11 is 9.22. The SMILES string of the molecule is COc1cc(Cl)c(OC)c(Br)c1CO. The van der Waals surface area contributed by atoms with Crippen LogP contribution in [0.2, 0.25) is 5.02 Å². The molecule has 0 saturated carbocycles. The highest BCUT2D eigenvalue weighted by molar-refractivity contribution is 9.10. The maximum Gasteiger partial charge on any atom is 0.152 e. The van der Waals surface area contributed by atoms with Crippen LogP contribution in [0, 0.1) is 0 Å². The minimum atomic E-state index is -0.142. The second-order valence-corrected chi connectivity index (χ2v) is 3.74. The molecule has 0 saturated heterocycles. The van der Waals surface area contributed by atoms with Crippen LogP contribution in [0.4, 0.5) is 0 Å². The summed E-state index contributed by atoms with van der Waals surface area (Å²) in [6, 6.07) is 1.61. The predicted molar refractivity (Wildman–Crippen MR) is 58.2 cm³/mol. The van der Waals surface area contributed by atoms with E-state index in [9.17, 15) is 0 Å². The summed E-state index contributed by atoms with van der Waals surface area (Å²) in [7, 11) is 3.03. The minimum Gasteiger partial charge on any atom is -0.496 e. The summed E-state index contributed by atoms with van der Waals surface area (Å²) in [5.41, 5.74) is 0.619. The Balaban J connectivity index is 3.39. The molecule has 0 aliphatic heterocycles. The number of methoxy groups -OCH3 is 2. The van der Waals surface area contributed by atoms with E-state index < -0.39 is 0 Å². The maximum atomic E-state index is 9.13. The van der Waals surface area contributed by atoms with Crippen molar-refractivity contribution in [1.82, 2.24) is 0 Å². The first-order valence-electron chi connectivity index (χ1n) is 3.85. The predicted octanol–water partition coefficient (Wildman–Crippen LogP) is 2.61. The highest BCUT2D eigenvalue weighted by atomic mass is 79.9. The average Bonchev–Trinajstić information content (AvgIpc) is 2.17. The lowest BCUT2D eigenvalue weighted by Crippen LogP contribution is -1.96. The van der Waals surface area contributed by atoms with Gasteiger partial charge in [-0.25, -0.2) is 0 Å². The zero-order chi connectivity index (χ0) is 10.7. The fraction of sp³-hybridized carbons (Fsp3) is 0.333. The van der Waals surface area contributed by atoms with E-state index in [-0.39, 0.29) is 6.61 Å². The lowest BCUT2D eigenvalue weighted by Gasteiger charge is -2.13. The van der Waals surface area contributed by atoms with Gasteiger partial charge in [-0.1, -0.05) is 11.6 Å². The Labute approximate surface area is 95.7 Å². The van der Waals surface area contributed by atoms with Crippen LogP contribution in [-0.2, 0) is 6.61 Å². The van der Waals surface area contributed by atoms with Crippen LogP contribution < -0.4 is 9.47 Å². The summed E-state index contributed by atoms with van der Waals surface area (Å²) in [6.07, 6.45) is 0. The Morgan fingerprint density at radius 2 is 2.07 bits per heavy atom. The standard InChI is InChI=1S/C9H10BrClO3/c1-13-7-3-6(11)9(14-2)8(10)5(7)4-12/h3,12H,4H2,1-2H3. The molecule has 1 aromatic rings. The van der Waals surface area contributed by atoms with Crippen LogP contribution in [-0.4, -0.2) is 19.3 Å². The third-order valence-corrected chi connectivity index (χ3v) is 2.94. The molecule has 0 aliphatic rings. The monoisotopic (exact) mass is 280 g/mol. The molecule has 14 heavy (non-hydrogen) atoms. The molecular weight excluding hydrogens is 271 g/mol. The number of aliphatic hydroxyl groups excluding tert-OH is 1. The first kappa shape index (κ1) is 11.6. The highest BCUT2D eigenvalue weighted by Gasteiger charge is 2.15.